The molecule has 0 spiro atoms. The molecule has 5 nitrogen and oxygen atoms in total. The molecule has 0 aliphatic carbocycles. The van der Waals surface area contributed by atoms with Gasteiger partial charge in [0.1, 0.15) is 12.6 Å². The first-order valence-corrected chi connectivity index (χ1v) is 7.18. The first-order chi connectivity index (χ1) is 11.3. The molecule has 6 heteroatoms. The van der Waals surface area contributed by atoms with Gasteiger partial charge in [-0.3, -0.25) is 0 Å². The van der Waals surface area contributed by atoms with Gasteiger partial charge in [0, 0.05) is 24.5 Å². The smallest absolute Gasteiger partial charge is 0.147 e. The van der Waals surface area contributed by atoms with Crippen LogP contribution in [-0.4, -0.2) is 20.4 Å². The third kappa shape index (κ3) is 4.79. The summed E-state index contributed by atoms with van der Waals surface area (Å²) in [7, 11) is 1.53. The Kier molecular flexibility index (Phi) is 6.56. The molecule has 0 unspecified atom stereocenters. The molecule has 0 bridgehead atoms. The van der Waals surface area contributed by atoms with Crippen LogP contribution in [0.2, 0.25) is 0 Å². The van der Waals surface area contributed by atoms with Crippen LogP contribution in [0.4, 0.5) is 4.39 Å². The van der Waals surface area contributed by atoms with Crippen molar-refractivity contribution >= 4 is 0 Å². The molecular weight excluding hydrogens is 297 g/mol. The highest BCUT2D eigenvalue weighted by atomic mass is 19.1. The molecule has 0 aliphatic rings. The molecular formula is C17H18FN3O2. The van der Waals surface area contributed by atoms with Crippen LogP contribution in [0, 0.1) is 5.82 Å². The van der Waals surface area contributed by atoms with Gasteiger partial charge in [0.05, 0.1) is 6.10 Å². The molecule has 0 saturated heterocycles. The largest absolute Gasteiger partial charge is 0.359 e. The third-order valence-electron chi connectivity index (χ3n) is 3.50. The van der Waals surface area contributed by atoms with Crippen LogP contribution < -0.4 is 0 Å². The molecule has 120 valence electrons. The van der Waals surface area contributed by atoms with Crippen molar-refractivity contribution in [3.8, 4) is 0 Å². The van der Waals surface area contributed by atoms with Gasteiger partial charge < -0.3 is 9.47 Å². The summed E-state index contributed by atoms with van der Waals surface area (Å²) in [6.07, 6.45) is -0.413. The van der Waals surface area contributed by atoms with E-state index in [4.69, 9.17) is 15.0 Å². The lowest BCUT2D eigenvalue weighted by Crippen LogP contribution is -2.18. The molecule has 23 heavy (non-hydrogen) atoms. The second-order valence-electron chi connectivity index (χ2n) is 4.98. The minimum atomic E-state index is -0.413. The molecule has 0 saturated carbocycles. The number of halogens is 1. The van der Waals surface area contributed by atoms with Gasteiger partial charge in [-0.1, -0.05) is 47.6 Å². The fourth-order valence-electron chi connectivity index (χ4n) is 2.44. The maximum Gasteiger partial charge on any atom is 0.147 e. The van der Waals surface area contributed by atoms with Crippen molar-refractivity contribution < 1.29 is 13.9 Å². The summed E-state index contributed by atoms with van der Waals surface area (Å²) < 4.78 is 24.0. The van der Waals surface area contributed by atoms with E-state index < -0.39 is 6.10 Å². The number of ether oxygens (including phenoxy) is 2. The second-order valence-corrected chi connectivity index (χ2v) is 4.98. The van der Waals surface area contributed by atoms with E-state index >= 15 is 0 Å². The summed E-state index contributed by atoms with van der Waals surface area (Å²) in [5, 5.41) is 3.71. The van der Waals surface area contributed by atoms with Crippen LogP contribution in [0.15, 0.2) is 59.7 Å². The van der Waals surface area contributed by atoms with E-state index in [1.165, 1.54) is 19.2 Å². The SMILES string of the molecule is COCO[C@@H](c1ccc(F)cc1)[C@@H](CN=[N+]=[N-])c1ccccc1. The molecule has 0 N–H and O–H groups in total. The Hall–Kier alpha value is -2.40. The number of hydrogen-bond acceptors (Lipinski definition) is 3. The summed E-state index contributed by atoms with van der Waals surface area (Å²) in [4.78, 5) is 2.85. The van der Waals surface area contributed by atoms with Crippen LogP contribution in [-0.2, 0) is 9.47 Å². The van der Waals surface area contributed by atoms with Gasteiger partial charge in [-0.05, 0) is 28.8 Å². The lowest BCUT2D eigenvalue weighted by Gasteiger charge is -2.27. The van der Waals surface area contributed by atoms with E-state index in [2.05, 4.69) is 10.0 Å². The van der Waals surface area contributed by atoms with Crippen LogP contribution in [0.3, 0.4) is 0 Å². The number of benzene rings is 2. The summed E-state index contributed by atoms with van der Waals surface area (Å²) in [5.41, 5.74) is 10.4. The number of nitrogens with zero attached hydrogens (tertiary/aromatic N) is 3. The van der Waals surface area contributed by atoms with Gasteiger partial charge in [-0.15, -0.1) is 0 Å². The molecule has 0 aliphatic heterocycles. The lowest BCUT2D eigenvalue weighted by molar-refractivity contribution is -0.0816. The molecule has 2 rings (SSSR count). The maximum atomic E-state index is 13.2. The molecule has 0 fully saturated rings. The highest BCUT2D eigenvalue weighted by molar-refractivity contribution is 5.27. The fraction of sp³-hybridized carbons (Fsp3) is 0.294. The topological polar surface area (TPSA) is 67.2 Å². The zero-order valence-electron chi connectivity index (χ0n) is 12.8. The van der Waals surface area contributed by atoms with Crippen molar-refractivity contribution in [1.82, 2.24) is 0 Å². The first-order valence-electron chi connectivity index (χ1n) is 7.18. The first kappa shape index (κ1) is 17.0. The maximum absolute atomic E-state index is 13.2. The van der Waals surface area contributed by atoms with Gasteiger partial charge in [0.25, 0.3) is 0 Å². The van der Waals surface area contributed by atoms with Crippen molar-refractivity contribution in [2.75, 3.05) is 20.4 Å². The van der Waals surface area contributed by atoms with Crippen LogP contribution in [0.25, 0.3) is 10.4 Å². The van der Waals surface area contributed by atoms with Gasteiger partial charge >= 0.3 is 0 Å². The second kappa shape index (κ2) is 8.90. The molecule has 0 amide bonds. The minimum Gasteiger partial charge on any atom is -0.359 e. The molecule has 2 atom stereocenters. The van der Waals surface area contributed by atoms with Gasteiger partial charge in [-0.2, -0.15) is 0 Å². The zero-order valence-corrected chi connectivity index (χ0v) is 12.8. The Bertz CT molecular complexity index is 643. The van der Waals surface area contributed by atoms with Crippen molar-refractivity contribution in [2.24, 2.45) is 5.11 Å². The predicted molar refractivity (Wildman–Crippen MR) is 85.3 cm³/mol. The van der Waals surface area contributed by atoms with E-state index in [1.807, 2.05) is 30.3 Å². The number of hydrogen-bond donors (Lipinski definition) is 0. The van der Waals surface area contributed by atoms with Crippen LogP contribution in [0.5, 0.6) is 0 Å². The summed E-state index contributed by atoms with van der Waals surface area (Å²) in [6.45, 7) is 0.313. The Morgan fingerprint density at radius 3 is 2.39 bits per heavy atom. The average Bonchev–Trinajstić information content (AvgIpc) is 2.59. The summed E-state index contributed by atoms with van der Waals surface area (Å²) in [5.74, 6) is -0.516. The van der Waals surface area contributed by atoms with Gasteiger partial charge in [-0.25, -0.2) is 4.39 Å². The molecule has 2 aromatic carbocycles. The van der Waals surface area contributed by atoms with Crippen LogP contribution in [0.1, 0.15) is 23.1 Å². The lowest BCUT2D eigenvalue weighted by atomic mass is 9.89. The minimum absolute atomic E-state index is 0.0850. The zero-order chi connectivity index (χ0) is 16.5. The molecule has 0 radical (unpaired) electrons. The quantitative estimate of drug-likeness (QED) is 0.310. The fourth-order valence-corrected chi connectivity index (χ4v) is 2.44. The van der Waals surface area contributed by atoms with Crippen molar-refractivity contribution in [3.05, 3.63) is 82.0 Å². The van der Waals surface area contributed by atoms with Gasteiger partial charge in [0.2, 0.25) is 0 Å². The average molecular weight is 315 g/mol. The normalized spacial score (nSPS) is 13.1. The van der Waals surface area contributed by atoms with E-state index in [0.717, 1.165) is 11.1 Å². The summed E-state index contributed by atoms with van der Waals surface area (Å²) >= 11 is 0. The standard InChI is InChI=1S/C17H18FN3O2/c1-22-12-23-17(14-7-9-15(18)10-8-14)16(11-20-21-19)13-5-3-2-4-6-13/h2-10,16-17H,11-12H2,1H3/t16-,17-/m0/s1. The van der Waals surface area contributed by atoms with E-state index in [9.17, 15) is 4.39 Å². The Labute approximate surface area is 134 Å². The number of rotatable bonds is 8. The number of azide groups is 1. The Balaban J connectivity index is 2.38. The van der Waals surface area contributed by atoms with E-state index in [-0.39, 0.29) is 25.1 Å². The molecule has 0 aromatic heterocycles. The monoisotopic (exact) mass is 315 g/mol. The van der Waals surface area contributed by atoms with Gasteiger partial charge in [0.15, 0.2) is 0 Å². The third-order valence-corrected chi connectivity index (χ3v) is 3.50. The van der Waals surface area contributed by atoms with E-state index in [1.54, 1.807) is 12.1 Å². The Morgan fingerprint density at radius 2 is 1.78 bits per heavy atom. The van der Waals surface area contributed by atoms with Crippen molar-refractivity contribution in [2.45, 2.75) is 12.0 Å². The molecule has 0 heterocycles. The summed E-state index contributed by atoms with van der Waals surface area (Å²) in [6, 6.07) is 15.7. The highest BCUT2D eigenvalue weighted by Gasteiger charge is 2.25. The van der Waals surface area contributed by atoms with E-state index in [0.29, 0.717) is 0 Å². The molecule has 2 aromatic rings. The van der Waals surface area contributed by atoms with Crippen molar-refractivity contribution in [1.29, 1.82) is 0 Å². The highest BCUT2D eigenvalue weighted by Crippen LogP contribution is 2.34. The number of methoxy groups -OCH3 is 1. The Morgan fingerprint density at radius 1 is 1.09 bits per heavy atom. The van der Waals surface area contributed by atoms with Crippen molar-refractivity contribution in [3.63, 3.8) is 0 Å². The predicted octanol–water partition coefficient (Wildman–Crippen LogP) is 4.58. The van der Waals surface area contributed by atoms with Crippen LogP contribution >= 0.6 is 0 Å².